The summed E-state index contributed by atoms with van der Waals surface area (Å²) in [7, 11) is 0. The van der Waals surface area contributed by atoms with Gasteiger partial charge in [0.25, 0.3) is 5.91 Å². The molecule has 0 saturated heterocycles. The summed E-state index contributed by atoms with van der Waals surface area (Å²) in [6, 6.07) is 3.37. The van der Waals surface area contributed by atoms with Gasteiger partial charge in [0.15, 0.2) is 0 Å². The lowest BCUT2D eigenvalue weighted by Crippen LogP contribution is -2.17. The standard InChI is InChI=1S/C19H13F2N5O2/c1-8-5-23-18(26-8)9-4-11-12(7-25-19(11)24-6-9)16(27)14-13(20)3-2-10(15(14)21)17(22)28/h2-7H,1H3,(H2,22,28)(H,23,26)(H,24,25). The van der Waals surface area contributed by atoms with Gasteiger partial charge in [-0.2, -0.15) is 0 Å². The molecule has 0 aliphatic rings. The van der Waals surface area contributed by atoms with Crippen molar-refractivity contribution in [1.29, 1.82) is 0 Å². The number of halogens is 2. The number of imidazole rings is 1. The first kappa shape index (κ1) is 17.5. The maximum absolute atomic E-state index is 14.6. The van der Waals surface area contributed by atoms with Gasteiger partial charge >= 0.3 is 0 Å². The van der Waals surface area contributed by atoms with E-state index in [-0.39, 0.29) is 5.56 Å². The molecule has 1 aromatic carbocycles. The number of fused-ring (bicyclic) bond motifs is 1. The summed E-state index contributed by atoms with van der Waals surface area (Å²) in [5, 5.41) is 0.361. The number of H-pyrrole nitrogens is 2. The van der Waals surface area contributed by atoms with E-state index in [0.29, 0.717) is 22.4 Å². The van der Waals surface area contributed by atoms with Gasteiger partial charge in [0.1, 0.15) is 23.1 Å². The third kappa shape index (κ3) is 2.73. The van der Waals surface area contributed by atoms with Crippen molar-refractivity contribution in [1.82, 2.24) is 19.9 Å². The summed E-state index contributed by atoms with van der Waals surface area (Å²) >= 11 is 0. The summed E-state index contributed by atoms with van der Waals surface area (Å²) in [6.07, 6.45) is 4.51. The molecular weight excluding hydrogens is 368 g/mol. The minimum absolute atomic E-state index is 0.00653. The number of carbonyl (C=O) groups excluding carboxylic acids is 2. The fraction of sp³-hybridized carbons (Fsp3) is 0.0526. The summed E-state index contributed by atoms with van der Waals surface area (Å²) < 4.78 is 28.8. The molecule has 0 aliphatic carbocycles. The molecule has 0 aliphatic heterocycles. The lowest BCUT2D eigenvalue weighted by atomic mass is 9.99. The van der Waals surface area contributed by atoms with Gasteiger partial charge < -0.3 is 15.7 Å². The van der Waals surface area contributed by atoms with Crippen molar-refractivity contribution < 1.29 is 18.4 Å². The van der Waals surface area contributed by atoms with Crippen molar-refractivity contribution >= 4 is 22.7 Å². The number of ketones is 1. The van der Waals surface area contributed by atoms with Crippen molar-refractivity contribution in [2.45, 2.75) is 6.92 Å². The zero-order chi connectivity index (χ0) is 20.0. The van der Waals surface area contributed by atoms with Crippen LogP contribution in [0.1, 0.15) is 32.0 Å². The number of primary amides is 1. The number of carbonyl (C=O) groups is 2. The van der Waals surface area contributed by atoms with Gasteiger partial charge in [-0.3, -0.25) is 9.59 Å². The number of aromatic nitrogens is 4. The average molecular weight is 381 g/mol. The molecule has 0 spiro atoms. The molecule has 0 saturated carbocycles. The van der Waals surface area contributed by atoms with Gasteiger partial charge in [-0.25, -0.2) is 18.7 Å². The van der Waals surface area contributed by atoms with Crippen molar-refractivity contribution in [3.63, 3.8) is 0 Å². The summed E-state index contributed by atoms with van der Waals surface area (Å²) in [5.41, 5.74) is 5.49. The smallest absolute Gasteiger partial charge is 0.251 e. The number of nitrogens with zero attached hydrogens (tertiary/aromatic N) is 2. The zero-order valence-corrected chi connectivity index (χ0v) is 14.5. The second kappa shape index (κ2) is 6.38. The van der Waals surface area contributed by atoms with E-state index in [9.17, 15) is 18.4 Å². The van der Waals surface area contributed by atoms with Gasteiger partial charge in [0.05, 0.1) is 11.1 Å². The molecular formula is C19H13F2N5O2. The maximum Gasteiger partial charge on any atom is 0.251 e. The highest BCUT2D eigenvalue weighted by Crippen LogP contribution is 2.27. The molecule has 0 unspecified atom stereocenters. The van der Waals surface area contributed by atoms with E-state index < -0.39 is 34.5 Å². The van der Waals surface area contributed by atoms with Crippen LogP contribution in [0.25, 0.3) is 22.4 Å². The Hall–Kier alpha value is -3.88. The number of benzene rings is 1. The molecule has 3 aromatic heterocycles. The molecule has 140 valence electrons. The van der Waals surface area contributed by atoms with Crippen LogP contribution < -0.4 is 5.73 Å². The quantitative estimate of drug-likeness (QED) is 0.471. The minimum atomic E-state index is -1.29. The third-order valence-electron chi connectivity index (χ3n) is 4.34. The van der Waals surface area contributed by atoms with E-state index >= 15 is 0 Å². The number of hydrogen-bond donors (Lipinski definition) is 3. The second-order valence-corrected chi connectivity index (χ2v) is 6.21. The van der Waals surface area contributed by atoms with Crippen LogP contribution in [0, 0.1) is 18.6 Å². The van der Waals surface area contributed by atoms with Crippen LogP contribution in [0.15, 0.2) is 36.8 Å². The Bertz CT molecular complexity index is 1260. The average Bonchev–Trinajstić information content (AvgIpc) is 3.26. The molecule has 4 N–H and O–H groups in total. The molecule has 0 radical (unpaired) electrons. The van der Waals surface area contributed by atoms with Crippen molar-refractivity contribution in [2.24, 2.45) is 5.73 Å². The van der Waals surface area contributed by atoms with Crippen molar-refractivity contribution in [3.05, 3.63) is 70.8 Å². The molecule has 7 nitrogen and oxygen atoms in total. The molecule has 9 heteroatoms. The number of nitrogens with one attached hydrogen (secondary N) is 2. The van der Waals surface area contributed by atoms with E-state index in [1.807, 2.05) is 6.92 Å². The molecule has 3 heterocycles. The number of nitrogens with two attached hydrogens (primary N) is 1. The summed E-state index contributed by atoms with van der Waals surface area (Å²) in [5.74, 6) is -3.87. The summed E-state index contributed by atoms with van der Waals surface area (Å²) in [4.78, 5) is 38.5. The number of rotatable bonds is 4. The Labute approximate surface area is 156 Å². The predicted molar refractivity (Wildman–Crippen MR) is 96.7 cm³/mol. The molecule has 0 fully saturated rings. The summed E-state index contributed by atoms with van der Waals surface area (Å²) in [6.45, 7) is 1.84. The van der Waals surface area contributed by atoms with Gasteiger partial charge in [0.2, 0.25) is 5.78 Å². The molecule has 0 atom stereocenters. The Morgan fingerprint density at radius 3 is 2.57 bits per heavy atom. The van der Waals surface area contributed by atoms with Crippen LogP contribution >= 0.6 is 0 Å². The molecule has 4 rings (SSSR count). The van der Waals surface area contributed by atoms with Gasteiger partial charge in [-0.05, 0) is 25.1 Å². The fourth-order valence-corrected chi connectivity index (χ4v) is 2.97. The lowest BCUT2D eigenvalue weighted by Gasteiger charge is -2.07. The highest BCUT2D eigenvalue weighted by Gasteiger charge is 2.26. The van der Waals surface area contributed by atoms with Crippen LogP contribution in [-0.4, -0.2) is 31.6 Å². The van der Waals surface area contributed by atoms with Crippen molar-refractivity contribution in [3.8, 4) is 11.4 Å². The number of amides is 1. The highest BCUT2D eigenvalue weighted by molar-refractivity contribution is 6.17. The number of pyridine rings is 1. The van der Waals surface area contributed by atoms with Gasteiger partial charge in [-0.15, -0.1) is 0 Å². The van der Waals surface area contributed by atoms with Crippen molar-refractivity contribution in [2.75, 3.05) is 0 Å². The second-order valence-electron chi connectivity index (χ2n) is 6.21. The van der Waals surface area contributed by atoms with E-state index in [2.05, 4.69) is 19.9 Å². The topological polar surface area (TPSA) is 118 Å². The highest BCUT2D eigenvalue weighted by atomic mass is 19.1. The van der Waals surface area contributed by atoms with E-state index in [1.54, 1.807) is 18.5 Å². The predicted octanol–water partition coefficient (Wildman–Crippen LogP) is 2.87. The lowest BCUT2D eigenvalue weighted by molar-refractivity contribution is 0.0996. The molecule has 4 aromatic rings. The zero-order valence-electron chi connectivity index (χ0n) is 14.5. The largest absolute Gasteiger partial charge is 0.366 e. The Kier molecular flexibility index (Phi) is 3.99. The van der Waals surface area contributed by atoms with Crippen LogP contribution in [0.2, 0.25) is 0 Å². The molecule has 28 heavy (non-hydrogen) atoms. The fourth-order valence-electron chi connectivity index (χ4n) is 2.97. The Morgan fingerprint density at radius 1 is 1.11 bits per heavy atom. The number of aromatic amines is 2. The van der Waals surface area contributed by atoms with E-state index in [0.717, 1.165) is 17.8 Å². The first-order valence-corrected chi connectivity index (χ1v) is 8.18. The van der Waals surface area contributed by atoms with Crippen LogP contribution in [-0.2, 0) is 0 Å². The van der Waals surface area contributed by atoms with E-state index in [1.165, 1.54) is 6.20 Å². The number of aryl methyl sites for hydroxylation is 1. The maximum atomic E-state index is 14.6. The Morgan fingerprint density at radius 2 is 1.89 bits per heavy atom. The third-order valence-corrected chi connectivity index (χ3v) is 4.34. The van der Waals surface area contributed by atoms with Gasteiger partial charge in [-0.1, -0.05) is 0 Å². The molecule has 0 bridgehead atoms. The molecule has 1 amide bonds. The van der Waals surface area contributed by atoms with E-state index in [4.69, 9.17) is 5.73 Å². The minimum Gasteiger partial charge on any atom is -0.366 e. The van der Waals surface area contributed by atoms with Gasteiger partial charge in [0, 0.05) is 40.8 Å². The Balaban J connectivity index is 1.87. The van der Waals surface area contributed by atoms with Crippen LogP contribution in [0.5, 0.6) is 0 Å². The normalized spacial score (nSPS) is 11.1. The van der Waals surface area contributed by atoms with Crippen LogP contribution in [0.4, 0.5) is 8.78 Å². The SMILES string of the molecule is Cc1cnc(-c2cnc3[nH]cc(C(=O)c4c(F)ccc(C(N)=O)c4F)c3c2)[nH]1. The van der Waals surface area contributed by atoms with Crippen LogP contribution in [0.3, 0.4) is 0 Å². The monoisotopic (exact) mass is 381 g/mol. The first-order valence-electron chi connectivity index (χ1n) is 8.18. The first-order chi connectivity index (χ1) is 13.4. The number of hydrogen-bond acceptors (Lipinski definition) is 4.